The Hall–Kier alpha value is -2.75. The summed E-state index contributed by atoms with van der Waals surface area (Å²) in [7, 11) is 0. The zero-order valence-electron chi connectivity index (χ0n) is 13.7. The van der Waals surface area contributed by atoms with E-state index in [0.717, 1.165) is 21.5 Å². The van der Waals surface area contributed by atoms with Gasteiger partial charge in [0.2, 0.25) is 0 Å². The Morgan fingerprint density at radius 3 is 2.50 bits per heavy atom. The van der Waals surface area contributed by atoms with Crippen LogP contribution in [0.25, 0.3) is 15.9 Å². The van der Waals surface area contributed by atoms with Gasteiger partial charge in [-0.15, -0.1) is 11.3 Å². The average molecular weight is 374 g/mol. The maximum absolute atomic E-state index is 10.9. The maximum Gasteiger partial charge on any atom is 0.320 e. The molecule has 9 heteroatoms. The number of benzene rings is 1. The highest BCUT2D eigenvalue weighted by molar-refractivity contribution is 7.18. The highest BCUT2D eigenvalue weighted by Crippen LogP contribution is 2.28. The van der Waals surface area contributed by atoms with Crippen LogP contribution < -0.4 is 11.5 Å². The second-order valence-electron chi connectivity index (χ2n) is 5.96. The molecular formula is C17H18N4O4S. The number of nitrogens with zero attached hydrogens (tertiary/aromatic N) is 2. The van der Waals surface area contributed by atoms with Gasteiger partial charge >= 0.3 is 11.9 Å². The van der Waals surface area contributed by atoms with Gasteiger partial charge in [-0.3, -0.25) is 9.59 Å². The summed E-state index contributed by atoms with van der Waals surface area (Å²) >= 11 is 1.41. The molecule has 26 heavy (non-hydrogen) atoms. The first kappa shape index (κ1) is 18.1. The van der Waals surface area contributed by atoms with E-state index in [-0.39, 0.29) is 12.8 Å². The fraction of sp³-hybridized carbons (Fsp3) is 0.235. The zero-order chi connectivity index (χ0) is 18.8. The van der Waals surface area contributed by atoms with E-state index >= 15 is 0 Å². The second-order valence-corrected chi connectivity index (χ2v) is 7.07. The van der Waals surface area contributed by atoms with E-state index in [1.165, 1.54) is 11.3 Å². The minimum atomic E-state index is -1.06. The number of thiazole rings is 1. The first-order valence-corrected chi connectivity index (χ1v) is 8.69. The average Bonchev–Trinajstić information content (AvgIpc) is 3.20. The van der Waals surface area contributed by atoms with Gasteiger partial charge in [0.1, 0.15) is 17.6 Å². The smallest absolute Gasteiger partial charge is 0.320 e. The number of fused-ring (bicyclic) bond motifs is 1. The molecule has 0 saturated heterocycles. The predicted molar refractivity (Wildman–Crippen MR) is 97.6 cm³/mol. The third kappa shape index (κ3) is 3.74. The summed E-state index contributed by atoms with van der Waals surface area (Å²) in [6.45, 7) is 0. The first-order valence-electron chi connectivity index (χ1n) is 7.87. The topological polar surface area (TPSA) is 144 Å². The van der Waals surface area contributed by atoms with E-state index in [1.54, 1.807) is 0 Å². The molecule has 8 nitrogen and oxygen atoms in total. The third-order valence-corrected chi connectivity index (χ3v) is 5.00. The minimum absolute atomic E-state index is 0.165. The van der Waals surface area contributed by atoms with Crippen LogP contribution in [0.2, 0.25) is 0 Å². The normalized spacial score (nSPS) is 13.6. The number of hydrogen-bond donors (Lipinski definition) is 4. The Morgan fingerprint density at radius 2 is 1.81 bits per heavy atom. The lowest BCUT2D eigenvalue weighted by Gasteiger charge is -2.05. The highest BCUT2D eigenvalue weighted by Gasteiger charge is 2.17. The van der Waals surface area contributed by atoms with Gasteiger partial charge in [-0.05, 0) is 30.2 Å². The van der Waals surface area contributed by atoms with Crippen molar-refractivity contribution in [3.8, 4) is 5.69 Å². The van der Waals surface area contributed by atoms with Crippen LogP contribution in [0, 0.1) is 0 Å². The van der Waals surface area contributed by atoms with E-state index < -0.39 is 24.0 Å². The molecule has 0 amide bonds. The molecule has 0 fully saturated rings. The molecule has 136 valence electrons. The van der Waals surface area contributed by atoms with Gasteiger partial charge in [0, 0.05) is 18.8 Å². The van der Waals surface area contributed by atoms with Crippen molar-refractivity contribution in [2.75, 3.05) is 0 Å². The van der Waals surface area contributed by atoms with Gasteiger partial charge in [-0.1, -0.05) is 6.07 Å². The molecule has 1 aromatic carbocycles. The van der Waals surface area contributed by atoms with Crippen molar-refractivity contribution in [1.29, 1.82) is 0 Å². The van der Waals surface area contributed by atoms with Crippen LogP contribution in [-0.4, -0.2) is 43.8 Å². The summed E-state index contributed by atoms with van der Waals surface area (Å²) in [5.74, 6) is -2.10. The number of carboxylic acids is 2. The lowest BCUT2D eigenvalue weighted by Crippen LogP contribution is -2.32. The summed E-state index contributed by atoms with van der Waals surface area (Å²) in [6.07, 6.45) is 4.03. The molecule has 0 aliphatic rings. The van der Waals surface area contributed by atoms with Crippen molar-refractivity contribution >= 4 is 33.5 Å². The minimum Gasteiger partial charge on any atom is -0.480 e. The van der Waals surface area contributed by atoms with Crippen molar-refractivity contribution in [3.05, 3.63) is 47.2 Å². The van der Waals surface area contributed by atoms with Gasteiger partial charge in [-0.25, -0.2) is 4.98 Å². The summed E-state index contributed by atoms with van der Waals surface area (Å²) < 4.78 is 2.78. The second kappa shape index (κ2) is 7.24. The maximum atomic E-state index is 10.9. The van der Waals surface area contributed by atoms with E-state index in [4.69, 9.17) is 21.7 Å². The molecule has 0 aliphatic carbocycles. The first-order chi connectivity index (χ1) is 12.3. The number of aromatic nitrogens is 2. The van der Waals surface area contributed by atoms with Crippen LogP contribution in [0.3, 0.4) is 0 Å². The Kier molecular flexibility index (Phi) is 5.03. The predicted octanol–water partition coefficient (Wildman–Crippen LogP) is 0.996. The van der Waals surface area contributed by atoms with Gasteiger partial charge < -0.3 is 26.2 Å². The summed E-state index contributed by atoms with van der Waals surface area (Å²) in [5.41, 5.74) is 13.6. The number of aliphatic carboxylic acids is 2. The van der Waals surface area contributed by atoms with Crippen LogP contribution >= 0.6 is 11.3 Å². The van der Waals surface area contributed by atoms with E-state index in [2.05, 4.69) is 4.98 Å². The molecule has 0 aliphatic heterocycles. The van der Waals surface area contributed by atoms with E-state index in [9.17, 15) is 9.59 Å². The van der Waals surface area contributed by atoms with E-state index in [0.29, 0.717) is 5.01 Å². The van der Waals surface area contributed by atoms with Gasteiger partial charge in [0.15, 0.2) is 0 Å². The SMILES string of the molecule is NC(Cc1ccn(-c2cccc3sc(CC(N)C(=O)O)nc23)c1)C(=O)O. The molecule has 3 rings (SSSR count). The van der Waals surface area contributed by atoms with Crippen molar-refractivity contribution in [1.82, 2.24) is 9.55 Å². The van der Waals surface area contributed by atoms with Crippen molar-refractivity contribution in [2.45, 2.75) is 24.9 Å². The lowest BCUT2D eigenvalue weighted by molar-refractivity contribution is -0.139. The number of nitrogens with two attached hydrogens (primary N) is 2. The molecule has 2 atom stereocenters. The largest absolute Gasteiger partial charge is 0.480 e. The number of rotatable bonds is 7. The molecule has 6 N–H and O–H groups in total. The molecule has 2 unspecified atom stereocenters. The zero-order valence-corrected chi connectivity index (χ0v) is 14.5. The molecule has 0 bridgehead atoms. The van der Waals surface area contributed by atoms with Crippen molar-refractivity contribution < 1.29 is 19.8 Å². The third-order valence-electron chi connectivity index (χ3n) is 3.96. The van der Waals surface area contributed by atoms with Crippen LogP contribution in [-0.2, 0) is 22.4 Å². The molecule has 2 heterocycles. The summed E-state index contributed by atoms with van der Waals surface area (Å²) in [6, 6.07) is 5.56. The summed E-state index contributed by atoms with van der Waals surface area (Å²) in [5, 5.41) is 18.5. The van der Waals surface area contributed by atoms with Crippen LogP contribution in [0.5, 0.6) is 0 Å². The van der Waals surface area contributed by atoms with Crippen LogP contribution in [0.1, 0.15) is 10.6 Å². The van der Waals surface area contributed by atoms with Gasteiger partial charge in [0.05, 0.1) is 15.4 Å². The summed E-state index contributed by atoms with van der Waals surface area (Å²) in [4.78, 5) is 26.4. The Morgan fingerprint density at radius 1 is 1.12 bits per heavy atom. The fourth-order valence-electron chi connectivity index (χ4n) is 2.60. The molecular weight excluding hydrogens is 356 g/mol. The highest BCUT2D eigenvalue weighted by atomic mass is 32.1. The Bertz CT molecular complexity index is 965. The number of para-hydroxylation sites is 1. The standard InChI is InChI=1S/C17H18N4O4S/c18-10(16(22)23)6-9-4-5-21(8-9)12-2-1-3-13-15(12)20-14(26-13)7-11(19)17(24)25/h1-5,8,10-11H,6-7,18-19H2,(H,22,23)(H,24,25). The lowest BCUT2D eigenvalue weighted by atomic mass is 10.1. The molecule has 2 aromatic heterocycles. The molecule has 0 spiro atoms. The van der Waals surface area contributed by atoms with Crippen LogP contribution in [0.15, 0.2) is 36.7 Å². The number of carboxylic acid groups (broad SMARTS) is 2. The molecule has 0 saturated carbocycles. The monoisotopic (exact) mass is 374 g/mol. The molecule has 0 radical (unpaired) electrons. The van der Waals surface area contributed by atoms with Crippen molar-refractivity contribution in [2.24, 2.45) is 11.5 Å². The molecule has 3 aromatic rings. The van der Waals surface area contributed by atoms with Gasteiger partial charge in [-0.2, -0.15) is 0 Å². The van der Waals surface area contributed by atoms with Crippen LogP contribution in [0.4, 0.5) is 0 Å². The Balaban J connectivity index is 1.91. The number of hydrogen-bond acceptors (Lipinski definition) is 6. The number of carbonyl (C=O) groups is 2. The Labute approximate surface area is 152 Å². The van der Waals surface area contributed by atoms with Gasteiger partial charge in [0.25, 0.3) is 0 Å². The quantitative estimate of drug-likeness (QED) is 0.483. The fourth-order valence-corrected chi connectivity index (χ4v) is 3.65. The van der Waals surface area contributed by atoms with E-state index in [1.807, 2.05) is 41.2 Å². The van der Waals surface area contributed by atoms with Crippen molar-refractivity contribution in [3.63, 3.8) is 0 Å².